The van der Waals surface area contributed by atoms with E-state index >= 15 is 0 Å². The SMILES string of the molecule is C=CC[C@H]1O[C@@H]2OC(C)(CF)O[C@@H]2[C@H]1OCc1cccc(OC)c1. The van der Waals surface area contributed by atoms with Gasteiger partial charge >= 0.3 is 0 Å². The van der Waals surface area contributed by atoms with Gasteiger partial charge in [0.2, 0.25) is 0 Å². The minimum Gasteiger partial charge on any atom is -0.497 e. The van der Waals surface area contributed by atoms with Crippen molar-refractivity contribution < 1.29 is 28.1 Å². The quantitative estimate of drug-likeness (QED) is 0.715. The number of benzene rings is 1. The van der Waals surface area contributed by atoms with Crippen LogP contribution >= 0.6 is 0 Å². The van der Waals surface area contributed by atoms with E-state index in [2.05, 4.69) is 6.58 Å². The lowest BCUT2D eigenvalue weighted by atomic mass is 10.1. The number of halogens is 1. The van der Waals surface area contributed by atoms with E-state index < -0.39 is 24.9 Å². The number of alkyl halides is 1. The molecule has 6 heteroatoms. The van der Waals surface area contributed by atoms with Crippen LogP contribution < -0.4 is 4.74 Å². The van der Waals surface area contributed by atoms with Gasteiger partial charge in [0.1, 0.15) is 24.6 Å². The zero-order valence-electron chi connectivity index (χ0n) is 13.9. The Labute approximate surface area is 141 Å². The van der Waals surface area contributed by atoms with Crippen LogP contribution in [0, 0.1) is 0 Å². The summed E-state index contributed by atoms with van der Waals surface area (Å²) in [5, 5.41) is 0. The molecule has 2 saturated heterocycles. The highest BCUT2D eigenvalue weighted by Gasteiger charge is 2.56. The Kier molecular flexibility index (Phi) is 5.20. The van der Waals surface area contributed by atoms with E-state index in [0.29, 0.717) is 13.0 Å². The predicted molar refractivity (Wildman–Crippen MR) is 85.4 cm³/mol. The molecule has 0 amide bonds. The van der Waals surface area contributed by atoms with E-state index in [1.807, 2.05) is 24.3 Å². The summed E-state index contributed by atoms with van der Waals surface area (Å²) in [6.45, 7) is 4.95. The molecule has 0 bridgehead atoms. The lowest BCUT2D eigenvalue weighted by Gasteiger charge is -2.26. The van der Waals surface area contributed by atoms with Crippen LogP contribution in [0.15, 0.2) is 36.9 Å². The Hall–Kier alpha value is -1.47. The number of rotatable bonds is 7. The van der Waals surface area contributed by atoms with Gasteiger partial charge in [0.25, 0.3) is 0 Å². The number of hydrogen-bond acceptors (Lipinski definition) is 5. The average molecular weight is 338 g/mol. The molecule has 2 aliphatic rings. The fraction of sp³-hybridized carbons (Fsp3) is 0.556. The van der Waals surface area contributed by atoms with Gasteiger partial charge in [-0.15, -0.1) is 6.58 Å². The smallest absolute Gasteiger partial charge is 0.197 e. The van der Waals surface area contributed by atoms with Crippen LogP contribution in [0.25, 0.3) is 0 Å². The number of methoxy groups -OCH3 is 1. The summed E-state index contributed by atoms with van der Waals surface area (Å²) < 4.78 is 41.5. The van der Waals surface area contributed by atoms with Crippen molar-refractivity contribution in [1.29, 1.82) is 0 Å². The first-order valence-corrected chi connectivity index (χ1v) is 8.01. The maximum absolute atomic E-state index is 13.1. The zero-order valence-corrected chi connectivity index (χ0v) is 13.9. The fourth-order valence-corrected chi connectivity index (χ4v) is 3.05. The fourth-order valence-electron chi connectivity index (χ4n) is 3.05. The molecule has 0 saturated carbocycles. The molecule has 3 rings (SSSR count). The van der Waals surface area contributed by atoms with Gasteiger partial charge in [-0.25, -0.2) is 4.39 Å². The maximum atomic E-state index is 13.1. The second-order valence-electron chi connectivity index (χ2n) is 6.16. The lowest BCUT2D eigenvalue weighted by molar-refractivity contribution is -0.233. The molecule has 0 aromatic heterocycles. The topological polar surface area (TPSA) is 46.2 Å². The highest BCUT2D eigenvalue weighted by Crippen LogP contribution is 2.40. The minimum absolute atomic E-state index is 0.229. The van der Waals surface area contributed by atoms with E-state index in [4.69, 9.17) is 23.7 Å². The number of ether oxygens (including phenoxy) is 5. The Balaban J connectivity index is 1.69. The Morgan fingerprint density at radius 1 is 1.38 bits per heavy atom. The lowest BCUT2D eigenvalue weighted by Crippen LogP contribution is -2.38. The average Bonchev–Trinajstić information content (AvgIpc) is 3.07. The van der Waals surface area contributed by atoms with Crippen LogP contribution in [0.4, 0.5) is 4.39 Å². The highest BCUT2D eigenvalue weighted by atomic mass is 19.1. The van der Waals surface area contributed by atoms with Crippen LogP contribution in [-0.4, -0.2) is 44.2 Å². The molecule has 2 aliphatic heterocycles. The van der Waals surface area contributed by atoms with E-state index in [-0.39, 0.29) is 12.2 Å². The van der Waals surface area contributed by atoms with Gasteiger partial charge in [-0.1, -0.05) is 18.2 Å². The summed E-state index contributed by atoms with van der Waals surface area (Å²) in [5.41, 5.74) is 0.974. The normalized spacial score (nSPS) is 35.0. The third-order valence-electron chi connectivity index (χ3n) is 4.24. The van der Waals surface area contributed by atoms with Crippen molar-refractivity contribution in [3.63, 3.8) is 0 Å². The maximum Gasteiger partial charge on any atom is 0.197 e. The molecule has 1 unspecified atom stereocenters. The van der Waals surface area contributed by atoms with Gasteiger partial charge in [0.05, 0.1) is 19.8 Å². The molecule has 2 fully saturated rings. The van der Waals surface area contributed by atoms with Gasteiger partial charge in [-0.2, -0.15) is 0 Å². The third-order valence-corrected chi connectivity index (χ3v) is 4.24. The third kappa shape index (κ3) is 3.47. The Bertz CT molecular complexity index is 580. The van der Waals surface area contributed by atoms with Crippen molar-refractivity contribution in [3.05, 3.63) is 42.5 Å². The van der Waals surface area contributed by atoms with Gasteiger partial charge in [0.15, 0.2) is 12.1 Å². The first-order valence-electron chi connectivity index (χ1n) is 8.01. The zero-order chi connectivity index (χ0) is 17.2. The van der Waals surface area contributed by atoms with Crippen molar-refractivity contribution in [2.75, 3.05) is 13.8 Å². The molecule has 2 heterocycles. The van der Waals surface area contributed by atoms with Crippen LogP contribution in [-0.2, 0) is 25.6 Å². The van der Waals surface area contributed by atoms with Gasteiger partial charge in [0, 0.05) is 0 Å². The molecule has 1 aromatic carbocycles. The first-order chi connectivity index (χ1) is 11.6. The van der Waals surface area contributed by atoms with E-state index in [0.717, 1.165) is 11.3 Å². The van der Waals surface area contributed by atoms with Gasteiger partial charge < -0.3 is 23.7 Å². The summed E-state index contributed by atoms with van der Waals surface area (Å²) in [6.07, 6.45) is 0.712. The van der Waals surface area contributed by atoms with Crippen LogP contribution in [0.5, 0.6) is 5.75 Å². The first kappa shape index (κ1) is 17.4. The van der Waals surface area contributed by atoms with E-state index in [1.165, 1.54) is 0 Å². The molecule has 5 atom stereocenters. The molecule has 0 radical (unpaired) electrons. The van der Waals surface area contributed by atoms with Crippen LogP contribution in [0.2, 0.25) is 0 Å². The van der Waals surface area contributed by atoms with Crippen molar-refractivity contribution in [3.8, 4) is 5.75 Å². The van der Waals surface area contributed by atoms with Crippen molar-refractivity contribution in [2.45, 2.75) is 50.3 Å². The second-order valence-corrected chi connectivity index (χ2v) is 6.16. The minimum atomic E-state index is -1.27. The molecule has 1 aromatic rings. The summed E-state index contributed by atoms with van der Waals surface area (Å²) in [5.74, 6) is -0.503. The molecular formula is C18H23FO5. The molecule has 0 aliphatic carbocycles. The molecule has 24 heavy (non-hydrogen) atoms. The number of fused-ring (bicyclic) bond motifs is 1. The van der Waals surface area contributed by atoms with Crippen molar-refractivity contribution in [1.82, 2.24) is 0 Å². The monoisotopic (exact) mass is 338 g/mol. The molecule has 5 nitrogen and oxygen atoms in total. The van der Waals surface area contributed by atoms with Crippen molar-refractivity contribution >= 4 is 0 Å². The van der Waals surface area contributed by atoms with E-state index in [9.17, 15) is 4.39 Å². The standard InChI is InChI=1S/C18H23FO5/c1-4-6-14-15(16-17(22-14)24-18(2,11-19)23-16)21-10-12-7-5-8-13(9-12)20-3/h4-5,7-9,14-17H,1,6,10-11H2,2-3H3/t14-,15+,16-,17-,18?/m1/s1. The summed E-state index contributed by atoms with van der Waals surface area (Å²) >= 11 is 0. The largest absolute Gasteiger partial charge is 0.497 e. The second kappa shape index (κ2) is 7.19. The summed E-state index contributed by atoms with van der Waals surface area (Å²) in [6, 6.07) is 7.64. The van der Waals surface area contributed by atoms with Crippen LogP contribution in [0.1, 0.15) is 18.9 Å². The molecule has 0 N–H and O–H groups in total. The van der Waals surface area contributed by atoms with E-state index in [1.54, 1.807) is 20.1 Å². The summed E-state index contributed by atoms with van der Waals surface area (Å²) in [7, 11) is 1.62. The predicted octanol–water partition coefficient (Wildman–Crippen LogP) is 2.98. The van der Waals surface area contributed by atoms with Crippen molar-refractivity contribution in [2.24, 2.45) is 0 Å². The molecule has 0 spiro atoms. The Morgan fingerprint density at radius 3 is 2.92 bits per heavy atom. The highest BCUT2D eigenvalue weighted by molar-refractivity contribution is 5.27. The molecular weight excluding hydrogens is 315 g/mol. The van der Waals surface area contributed by atoms with Crippen LogP contribution in [0.3, 0.4) is 0 Å². The Morgan fingerprint density at radius 2 is 2.21 bits per heavy atom. The summed E-state index contributed by atoms with van der Waals surface area (Å²) in [4.78, 5) is 0. The van der Waals surface area contributed by atoms with Gasteiger partial charge in [-0.3, -0.25) is 0 Å². The number of hydrogen-bond donors (Lipinski definition) is 0. The molecule has 132 valence electrons. The van der Waals surface area contributed by atoms with Gasteiger partial charge in [-0.05, 0) is 31.0 Å².